The summed E-state index contributed by atoms with van der Waals surface area (Å²) in [5.41, 5.74) is 2.89. The number of fused-ring (bicyclic) bond motifs is 1. The van der Waals surface area contributed by atoms with Crippen molar-refractivity contribution in [1.82, 2.24) is 19.9 Å². The SMILES string of the molecule is CCOC(=O)c1cccc2c1C(=O)C(c1ncc(C)[nH]1)C(c1ncc(C)[nH]1)N2. The van der Waals surface area contributed by atoms with E-state index in [1.54, 1.807) is 37.5 Å². The zero-order chi connectivity index (χ0) is 19.8. The molecule has 4 rings (SSSR count). The van der Waals surface area contributed by atoms with Crippen LogP contribution >= 0.6 is 0 Å². The van der Waals surface area contributed by atoms with Crippen molar-refractivity contribution in [2.24, 2.45) is 0 Å². The van der Waals surface area contributed by atoms with Crippen molar-refractivity contribution in [2.45, 2.75) is 32.7 Å². The van der Waals surface area contributed by atoms with E-state index in [9.17, 15) is 9.59 Å². The molecule has 1 aliphatic heterocycles. The highest BCUT2D eigenvalue weighted by atomic mass is 16.5. The molecule has 0 aliphatic carbocycles. The van der Waals surface area contributed by atoms with Crippen LogP contribution in [0.25, 0.3) is 0 Å². The molecule has 3 N–H and O–H groups in total. The van der Waals surface area contributed by atoms with Crippen molar-refractivity contribution < 1.29 is 14.3 Å². The summed E-state index contributed by atoms with van der Waals surface area (Å²) in [6.45, 7) is 5.75. The summed E-state index contributed by atoms with van der Waals surface area (Å²) in [6.07, 6.45) is 3.40. The van der Waals surface area contributed by atoms with Gasteiger partial charge in [-0.05, 0) is 32.9 Å². The molecule has 2 atom stereocenters. The Hall–Kier alpha value is -3.42. The largest absolute Gasteiger partial charge is 0.462 e. The number of anilines is 1. The third-order valence-electron chi connectivity index (χ3n) is 4.77. The number of benzene rings is 1. The molecule has 0 fully saturated rings. The number of aromatic amines is 2. The molecule has 1 aliphatic rings. The lowest BCUT2D eigenvalue weighted by atomic mass is 9.82. The molecule has 3 aromatic rings. The van der Waals surface area contributed by atoms with Crippen molar-refractivity contribution in [3.63, 3.8) is 0 Å². The van der Waals surface area contributed by atoms with E-state index in [0.717, 1.165) is 11.4 Å². The molecule has 0 amide bonds. The van der Waals surface area contributed by atoms with Gasteiger partial charge in [0.25, 0.3) is 0 Å². The zero-order valence-corrected chi connectivity index (χ0v) is 15.9. The molecule has 3 heterocycles. The van der Waals surface area contributed by atoms with Gasteiger partial charge < -0.3 is 20.0 Å². The molecule has 0 radical (unpaired) electrons. The third kappa shape index (κ3) is 2.96. The number of esters is 1. The molecular formula is C20H21N5O3. The number of hydrogen-bond acceptors (Lipinski definition) is 6. The second kappa shape index (κ2) is 6.95. The number of hydrogen-bond donors (Lipinski definition) is 3. The van der Waals surface area contributed by atoms with E-state index in [1.807, 2.05) is 13.8 Å². The second-order valence-corrected chi connectivity index (χ2v) is 6.82. The van der Waals surface area contributed by atoms with Gasteiger partial charge in [-0.25, -0.2) is 14.8 Å². The average molecular weight is 379 g/mol. The molecule has 28 heavy (non-hydrogen) atoms. The van der Waals surface area contributed by atoms with Crippen LogP contribution in [0.4, 0.5) is 5.69 Å². The molecule has 2 unspecified atom stereocenters. The van der Waals surface area contributed by atoms with Crippen LogP contribution < -0.4 is 5.32 Å². The fourth-order valence-corrected chi connectivity index (χ4v) is 3.56. The van der Waals surface area contributed by atoms with Gasteiger partial charge in [-0.2, -0.15) is 0 Å². The number of ketones is 1. The lowest BCUT2D eigenvalue weighted by Gasteiger charge is -2.32. The maximum absolute atomic E-state index is 13.6. The van der Waals surface area contributed by atoms with Crippen LogP contribution in [-0.2, 0) is 4.74 Å². The predicted octanol–water partition coefficient (Wildman–Crippen LogP) is 3.06. The van der Waals surface area contributed by atoms with Crippen LogP contribution in [0.1, 0.15) is 62.6 Å². The number of nitrogens with one attached hydrogen (secondary N) is 3. The quantitative estimate of drug-likeness (QED) is 0.601. The van der Waals surface area contributed by atoms with Gasteiger partial charge in [0.2, 0.25) is 0 Å². The zero-order valence-electron chi connectivity index (χ0n) is 15.9. The number of H-pyrrole nitrogens is 2. The van der Waals surface area contributed by atoms with Crippen LogP contribution in [0.3, 0.4) is 0 Å². The summed E-state index contributed by atoms with van der Waals surface area (Å²) in [7, 11) is 0. The summed E-state index contributed by atoms with van der Waals surface area (Å²) in [4.78, 5) is 41.2. The number of nitrogens with zero attached hydrogens (tertiary/aromatic N) is 2. The topological polar surface area (TPSA) is 113 Å². The van der Waals surface area contributed by atoms with Gasteiger partial charge in [-0.3, -0.25) is 4.79 Å². The normalized spacial score (nSPS) is 18.5. The third-order valence-corrected chi connectivity index (χ3v) is 4.77. The fraction of sp³-hybridized carbons (Fsp3) is 0.300. The second-order valence-electron chi connectivity index (χ2n) is 6.82. The van der Waals surface area contributed by atoms with Gasteiger partial charge in [0, 0.05) is 29.5 Å². The van der Waals surface area contributed by atoms with Gasteiger partial charge in [0.1, 0.15) is 23.6 Å². The Morgan fingerprint density at radius 2 is 1.79 bits per heavy atom. The van der Waals surface area contributed by atoms with E-state index >= 15 is 0 Å². The Labute approximate surface area is 161 Å². The molecule has 2 aromatic heterocycles. The summed E-state index contributed by atoms with van der Waals surface area (Å²) in [5, 5.41) is 3.37. The van der Waals surface area contributed by atoms with Gasteiger partial charge in [0.15, 0.2) is 5.78 Å². The monoisotopic (exact) mass is 379 g/mol. The Bertz CT molecular complexity index is 1050. The first-order chi connectivity index (χ1) is 13.5. The highest BCUT2D eigenvalue weighted by Gasteiger charge is 2.42. The summed E-state index contributed by atoms with van der Waals surface area (Å²) in [6, 6.07) is 4.67. The lowest BCUT2D eigenvalue weighted by molar-refractivity contribution is 0.0522. The number of carbonyl (C=O) groups is 2. The van der Waals surface area contributed by atoms with Crippen LogP contribution in [0.2, 0.25) is 0 Å². The minimum atomic E-state index is -0.665. The van der Waals surface area contributed by atoms with Crippen molar-refractivity contribution >= 4 is 17.4 Å². The number of carbonyl (C=O) groups excluding carboxylic acids is 2. The van der Waals surface area contributed by atoms with Crippen molar-refractivity contribution in [3.8, 4) is 0 Å². The summed E-state index contributed by atoms with van der Waals surface area (Å²) < 4.78 is 5.14. The van der Waals surface area contributed by atoms with Crippen molar-refractivity contribution in [1.29, 1.82) is 0 Å². The van der Waals surface area contributed by atoms with E-state index in [4.69, 9.17) is 4.74 Å². The predicted molar refractivity (Wildman–Crippen MR) is 102 cm³/mol. The lowest BCUT2D eigenvalue weighted by Crippen LogP contribution is -2.34. The Morgan fingerprint density at radius 3 is 2.39 bits per heavy atom. The fourth-order valence-electron chi connectivity index (χ4n) is 3.56. The van der Waals surface area contributed by atoms with Crippen molar-refractivity contribution in [3.05, 3.63) is 64.8 Å². The van der Waals surface area contributed by atoms with Gasteiger partial charge in [-0.1, -0.05) is 6.07 Å². The highest BCUT2D eigenvalue weighted by molar-refractivity contribution is 6.14. The van der Waals surface area contributed by atoms with Crippen LogP contribution in [-0.4, -0.2) is 38.3 Å². The number of ether oxygens (including phenoxy) is 1. The van der Waals surface area contributed by atoms with Crippen LogP contribution in [0.5, 0.6) is 0 Å². The smallest absolute Gasteiger partial charge is 0.338 e. The van der Waals surface area contributed by atoms with Crippen molar-refractivity contribution in [2.75, 3.05) is 11.9 Å². The standard InChI is InChI=1S/C20H21N5O3/c1-4-28-20(27)12-6-5-7-13-14(12)17(26)15(18-21-8-10(2)23-18)16(25-13)19-22-9-11(3)24-19/h5-9,15-16,25H,4H2,1-3H3,(H,21,23)(H,22,24). The molecule has 8 nitrogen and oxygen atoms in total. The molecular weight excluding hydrogens is 358 g/mol. The maximum Gasteiger partial charge on any atom is 0.338 e. The number of aromatic nitrogens is 4. The Balaban J connectivity index is 1.87. The van der Waals surface area contributed by atoms with E-state index in [-0.39, 0.29) is 18.0 Å². The number of Topliss-reactive ketones (excluding diaryl/α,β-unsaturated/α-hetero) is 1. The molecule has 0 saturated heterocycles. The highest BCUT2D eigenvalue weighted by Crippen LogP contribution is 2.41. The van der Waals surface area contributed by atoms with Crippen LogP contribution in [0.15, 0.2) is 30.6 Å². The number of aryl methyl sites for hydroxylation is 2. The Kier molecular flexibility index (Phi) is 4.46. The summed E-state index contributed by atoms with van der Waals surface area (Å²) >= 11 is 0. The molecule has 8 heteroatoms. The molecule has 1 aromatic carbocycles. The average Bonchev–Trinajstić information content (AvgIpc) is 3.29. The van der Waals surface area contributed by atoms with Gasteiger partial charge >= 0.3 is 5.97 Å². The van der Waals surface area contributed by atoms with Crippen LogP contribution in [0, 0.1) is 13.8 Å². The van der Waals surface area contributed by atoms with Gasteiger partial charge in [0.05, 0.1) is 17.7 Å². The summed E-state index contributed by atoms with van der Waals surface area (Å²) in [5.74, 6) is -0.222. The first-order valence-electron chi connectivity index (χ1n) is 9.13. The van der Waals surface area contributed by atoms with Gasteiger partial charge in [-0.15, -0.1) is 0 Å². The number of imidazole rings is 2. The van der Waals surface area contributed by atoms with E-state index in [1.165, 1.54) is 0 Å². The molecule has 144 valence electrons. The van der Waals surface area contributed by atoms with E-state index in [0.29, 0.717) is 22.9 Å². The minimum absolute atomic E-state index is 0.203. The maximum atomic E-state index is 13.6. The Morgan fingerprint density at radius 1 is 1.11 bits per heavy atom. The first kappa shape index (κ1) is 18.0. The van der Waals surface area contributed by atoms with E-state index < -0.39 is 17.9 Å². The minimum Gasteiger partial charge on any atom is -0.462 e. The van der Waals surface area contributed by atoms with E-state index in [2.05, 4.69) is 25.3 Å². The molecule has 0 saturated carbocycles. The number of rotatable bonds is 4. The first-order valence-corrected chi connectivity index (χ1v) is 9.13. The molecule has 0 spiro atoms. The molecule has 0 bridgehead atoms.